The van der Waals surface area contributed by atoms with Crippen LogP contribution < -0.4 is 0 Å². The van der Waals surface area contributed by atoms with Crippen molar-refractivity contribution in [3.63, 3.8) is 0 Å². The fraction of sp³-hybridized carbons (Fsp3) is 0. The summed E-state index contributed by atoms with van der Waals surface area (Å²) in [5.41, 5.74) is 15.5. The van der Waals surface area contributed by atoms with Crippen LogP contribution in [0, 0.1) is 5.39 Å². The molecule has 0 spiro atoms. The largest absolute Gasteiger partial charge is 0.385 e. The van der Waals surface area contributed by atoms with E-state index in [0.717, 1.165) is 89.4 Å². The average Bonchev–Trinajstić information content (AvgIpc) is 4.01. The Kier molecular flexibility index (Phi) is 7.07. The number of H-pyrrole nitrogens is 2. The standard InChI is InChI=1S/C44H28N6/c45-50-32-18-10-17-31(27-32)44-39-25-23-37(48-39)42(29-13-6-2-7-14-29)35-21-19-33(46-35)41(28-11-4-1-5-12-28)34-20-22-36(47-34)43(30-15-8-3-9-16-30)38-24-26-40(44)49-38/h1-27,45H/p+1. The summed E-state index contributed by atoms with van der Waals surface area (Å²) in [6, 6.07) is 47.1. The summed E-state index contributed by atoms with van der Waals surface area (Å²) in [5, 5.41) is 9.69. The highest BCUT2D eigenvalue weighted by Gasteiger charge is 2.19. The maximum Gasteiger partial charge on any atom is 0.385 e. The van der Waals surface area contributed by atoms with Crippen LogP contribution in [0.2, 0.25) is 0 Å². The van der Waals surface area contributed by atoms with E-state index in [1.807, 2.05) is 36.4 Å². The zero-order valence-corrected chi connectivity index (χ0v) is 26.9. The number of nitrogens with one attached hydrogen (secondary N) is 2. The van der Waals surface area contributed by atoms with Gasteiger partial charge in [0.05, 0.1) is 22.8 Å². The van der Waals surface area contributed by atoms with E-state index in [-0.39, 0.29) is 0 Å². The highest BCUT2D eigenvalue weighted by atomic mass is 14.8. The highest BCUT2D eigenvalue weighted by molar-refractivity contribution is 5.99. The normalized spacial score (nSPS) is 11.8. The van der Waals surface area contributed by atoms with Crippen LogP contribution in [-0.4, -0.2) is 19.9 Å². The minimum absolute atomic E-state index is 0.465. The molecule has 50 heavy (non-hydrogen) atoms. The van der Waals surface area contributed by atoms with Crippen molar-refractivity contribution in [2.75, 3.05) is 0 Å². The lowest BCUT2D eigenvalue weighted by atomic mass is 10.0. The van der Waals surface area contributed by atoms with E-state index in [1.165, 1.54) is 0 Å². The maximum atomic E-state index is 9.69. The predicted molar refractivity (Wildman–Crippen MR) is 205 cm³/mol. The van der Waals surface area contributed by atoms with Crippen molar-refractivity contribution in [3.05, 3.63) is 167 Å². The molecule has 5 heterocycles. The zero-order chi connectivity index (χ0) is 33.4. The third-order valence-corrected chi connectivity index (χ3v) is 9.19. The summed E-state index contributed by atoms with van der Waals surface area (Å²) < 4.78 is 0. The summed E-state index contributed by atoms with van der Waals surface area (Å²) in [5.74, 6) is 0. The van der Waals surface area contributed by atoms with Crippen LogP contribution in [0.25, 0.3) is 95.9 Å². The number of hydrogen-bond donors (Lipinski definition) is 2. The van der Waals surface area contributed by atoms with Gasteiger partial charge in [0, 0.05) is 56.5 Å². The number of rotatable bonds is 4. The van der Waals surface area contributed by atoms with Crippen LogP contribution >= 0.6 is 0 Å². The molecule has 0 amide bonds. The van der Waals surface area contributed by atoms with E-state index in [2.05, 4.69) is 136 Å². The number of aromatic amines is 2. The lowest BCUT2D eigenvalue weighted by Gasteiger charge is -2.06. The summed E-state index contributed by atoms with van der Waals surface area (Å²) in [6.07, 6.45) is 8.35. The molecule has 8 bridgehead atoms. The molecule has 9 rings (SSSR count). The number of benzene rings is 4. The van der Waals surface area contributed by atoms with Gasteiger partial charge in [0.25, 0.3) is 0 Å². The fourth-order valence-corrected chi connectivity index (χ4v) is 6.96. The van der Waals surface area contributed by atoms with Crippen molar-refractivity contribution in [1.29, 1.82) is 5.39 Å². The number of fused-ring (bicyclic) bond motifs is 8. The third kappa shape index (κ3) is 5.11. The van der Waals surface area contributed by atoms with E-state index in [4.69, 9.17) is 9.97 Å². The van der Waals surface area contributed by atoms with Gasteiger partial charge >= 0.3 is 5.69 Å². The second-order valence-corrected chi connectivity index (χ2v) is 12.3. The zero-order valence-electron chi connectivity index (χ0n) is 26.9. The van der Waals surface area contributed by atoms with Gasteiger partial charge in [-0.3, -0.25) is 0 Å². The second-order valence-electron chi connectivity index (χ2n) is 12.3. The first kappa shape index (κ1) is 29.1. The van der Waals surface area contributed by atoms with Gasteiger partial charge in [-0.25, -0.2) is 9.97 Å². The molecule has 6 nitrogen and oxygen atoms in total. The SMILES string of the molecule is N#[N+]c1cccc(-c2c3nc(c(-c4ccccc4)c4ccc([nH]4)c(-c4ccccc4)c4nc(c(-c5ccccc5)c5ccc2[nH]5)C=C4)C=C3)c1. The average molecular weight is 642 g/mol. The quantitative estimate of drug-likeness (QED) is 0.188. The molecule has 0 aliphatic carbocycles. The maximum absolute atomic E-state index is 9.69. The van der Waals surface area contributed by atoms with Gasteiger partial charge in [-0.2, -0.15) is 0 Å². The van der Waals surface area contributed by atoms with Crippen LogP contribution in [0.4, 0.5) is 5.69 Å². The van der Waals surface area contributed by atoms with Gasteiger partial charge in [0.1, 0.15) is 0 Å². The first-order chi connectivity index (χ1) is 24.7. The number of diazo groups is 1. The molecule has 4 aromatic carbocycles. The molecule has 3 aromatic heterocycles. The van der Waals surface area contributed by atoms with Crippen LogP contribution in [0.3, 0.4) is 0 Å². The van der Waals surface area contributed by atoms with Crippen molar-refractivity contribution < 1.29 is 0 Å². The molecule has 2 aliphatic rings. The minimum atomic E-state index is 0.465. The van der Waals surface area contributed by atoms with Crippen molar-refractivity contribution in [2.45, 2.75) is 0 Å². The Morgan fingerprint density at radius 1 is 0.380 bits per heavy atom. The molecule has 0 radical (unpaired) electrons. The lowest BCUT2D eigenvalue weighted by Crippen LogP contribution is -1.89. The monoisotopic (exact) mass is 641 g/mol. The molecule has 2 N–H and O–H groups in total. The van der Waals surface area contributed by atoms with Crippen molar-refractivity contribution in [3.8, 4) is 44.5 Å². The summed E-state index contributed by atoms with van der Waals surface area (Å²) in [6.45, 7) is 0. The van der Waals surface area contributed by atoms with Crippen molar-refractivity contribution in [1.82, 2.24) is 19.9 Å². The molecular weight excluding hydrogens is 613 g/mol. The summed E-state index contributed by atoms with van der Waals surface area (Å²) >= 11 is 0. The Labute approximate surface area is 288 Å². The molecule has 0 unspecified atom stereocenters. The van der Waals surface area contributed by atoms with Crippen LogP contribution in [-0.2, 0) is 0 Å². The molecule has 0 saturated carbocycles. The first-order valence-electron chi connectivity index (χ1n) is 16.5. The molecule has 6 heteroatoms. The number of aromatic nitrogens is 4. The Morgan fingerprint density at radius 3 is 1.08 bits per heavy atom. The predicted octanol–water partition coefficient (Wildman–Crippen LogP) is 11.8. The molecule has 2 aliphatic heterocycles. The van der Waals surface area contributed by atoms with Gasteiger partial charge < -0.3 is 9.97 Å². The van der Waals surface area contributed by atoms with Gasteiger partial charge in [0.2, 0.25) is 5.39 Å². The molecule has 0 atom stereocenters. The number of hydrogen-bond acceptors (Lipinski definition) is 3. The molecule has 0 saturated heterocycles. The second kappa shape index (κ2) is 12.2. The van der Waals surface area contributed by atoms with E-state index < -0.39 is 0 Å². The van der Waals surface area contributed by atoms with Gasteiger partial charge in [0.15, 0.2) is 4.98 Å². The Bertz CT molecular complexity index is 2660. The van der Waals surface area contributed by atoms with Crippen LogP contribution in [0.5, 0.6) is 0 Å². The van der Waals surface area contributed by atoms with Crippen LogP contribution in [0.15, 0.2) is 140 Å². The lowest BCUT2D eigenvalue weighted by molar-refractivity contribution is 1.31. The Balaban J connectivity index is 1.48. The molecular formula is C44H29N6+. The van der Waals surface area contributed by atoms with E-state index in [9.17, 15) is 5.39 Å². The molecule has 234 valence electrons. The topological polar surface area (TPSA) is 85.5 Å². The smallest absolute Gasteiger partial charge is 0.354 e. The fourth-order valence-electron chi connectivity index (χ4n) is 6.96. The Morgan fingerprint density at radius 2 is 0.720 bits per heavy atom. The highest BCUT2D eigenvalue weighted by Crippen LogP contribution is 2.38. The van der Waals surface area contributed by atoms with Gasteiger partial charge in [-0.05, 0) is 70.8 Å². The minimum Gasteiger partial charge on any atom is -0.354 e. The number of nitrogens with zero attached hydrogens (tertiary/aromatic N) is 4. The summed E-state index contributed by atoms with van der Waals surface area (Å²) in [4.78, 5) is 21.7. The molecule has 7 aromatic rings. The van der Waals surface area contributed by atoms with Crippen molar-refractivity contribution >= 4 is 52.1 Å². The van der Waals surface area contributed by atoms with Gasteiger partial charge in [-0.1, -0.05) is 103 Å². The molecule has 0 fully saturated rings. The first-order valence-corrected chi connectivity index (χ1v) is 16.5. The van der Waals surface area contributed by atoms with Gasteiger partial charge in [-0.15, -0.1) is 0 Å². The van der Waals surface area contributed by atoms with E-state index in [1.54, 1.807) is 6.07 Å². The third-order valence-electron chi connectivity index (χ3n) is 9.19. The van der Waals surface area contributed by atoms with Crippen LogP contribution in [0.1, 0.15) is 22.8 Å². The Hall–Kier alpha value is -7.10. The van der Waals surface area contributed by atoms with E-state index in [0.29, 0.717) is 5.69 Å². The van der Waals surface area contributed by atoms with E-state index >= 15 is 0 Å². The summed E-state index contributed by atoms with van der Waals surface area (Å²) in [7, 11) is 0. The van der Waals surface area contributed by atoms with Crippen molar-refractivity contribution in [2.24, 2.45) is 0 Å².